The van der Waals surface area contributed by atoms with E-state index >= 15 is 0 Å². The molecule has 1 aliphatic carbocycles. The largest absolute Gasteiger partial charge is 0.480 e. The number of amides is 2. The molecule has 0 saturated heterocycles. The summed E-state index contributed by atoms with van der Waals surface area (Å²) in [6.45, 7) is 2.11. The molecule has 0 aliphatic heterocycles. The van der Waals surface area contributed by atoms with Gasteiger partial charge in [0.15, 0.2) is 0 Å². The van der Waals surface area contributed by atoms with Gasteiger partial charge in [-0.05, 0) is 12.8 Å². The molecule has 1 fully saturated rings. The van der Waals surface area contributed by atoms with Crippen LogP contribution in [0.3, 0.4) is 0 Å². The van der Waals surface area contributed by atoms with Crippen molar-refractivity contribution >= 4 is 22.8 Å². The lowest BCUT2D eigenvalue weighted by atomic mass is 9.82. The maximum Gasteiger partial charge on any atom is 0.329 e. The number of aliphatic carboxylic acids is 1. The molecule has 0 aromatic heterocycles. The van der Waals surface area contributed by atoms with E-state index in [1.54, 1.807) is 0 Å². The van der Waals surface area contributed by atoms with E-state index in [4.69, 9.17) is 0 Å². The van der Waals surface area contributed by atoms with Gasteiger partial charge in [0.25, 0.3) is 0 Å². The summed E-state index contributed by atoms with van der Waals surface area (Å²) in [5.41, 5.74) is -1.13. The van der Waals surface area contributed by atoms with E-state index in [2.05, 4.69) is 10.6 Å². The molecule has 1 unspecified atom stereocenters. The van der Waals surface area contributed by atoms with Gasteiger partial charge in [-0.3, -0.25) is 4.21 Å². The number of carbonyl (C=O) groups is 2. The zero-order chi connectivity index (χ0) is 14.3. The number of urea groups is 1. The first-order valence-corrected chi connectivity index (χ1v) is 8.13. The highest BCUT2D eigenvalue weighted by Gasteiger charge is 2.40. The van der Waals surface area contributed by atoms with Gasteiger partial charge in [-0.2, -0.15) is 0 Å². The van der Waals surface area contributed by atoms with E-state index in [1.807, 2.05) is 6.92 Å². The number of nitrogens with one attached hydrogen (secondary N) is 2. The van der Waals surface area contributed by atoms with Crippen molar-refractivity contribution in [3.63, 3.8) is 0 Å². The zero-order valence-electron chi connectivity index (χ0n) is 11.2. The van der Waals surface area contributed by atoms with Crippen molar-refractivity contribution in [1.82, 2.24) is 10.6 Å². The monoisotopic (exact) mass is 290 g/mol. The van der Waals surface area contributed by atoms with Crippen LogP contribution in [0.5, 0.6) is 0 Å². The van der Waals surface area contributed by atoms with Crippen LogP contribution in [0.1, 0.15) is 39.0 Å². The fourth-order valence-corrected chi connectivity index (χ4v) is 2.85. The molecule has 1 rings (SSSR count). The van der Waals surface area contributed by atoms with Crippen LogP contribution in [0.25, 0.3) is 0 Å². The third-order valence-electron chi connectivity index (χ3n) is 3.41. The van der Waals surface area contributed by atoms with Crippen molar-refractivity contribution in [2.75, 3.05) is 18.1 Å². The highest BCUT2D eigenvalue weighted by atomic mass is 32.2. The number of carboxylic acids is 1. The molecule has 0 aromatic carbocycles. The lowest BCUT2D eigenvalue weighted by Gasteiger charge is -2.33. The third-order valence-corrected chi connectivity index (χ3v) is 4.71. The maximum absolute atomic E-state index is 11.7. The van der Waals surface area contributed by atoms with E-state index in [-0.39, 0.29) is 0 Å². The van der Waals surface area contributed by atoms with Crippen LogP contribution in [0.2, 0.25) is 0 Å². The third kappa shape index (κ3) is 4.81. The Morgan fingerprint density at radius 1 is 1.26 bits per heavy atom. The first-order valence-electron chi connectivity index (χ1n) is 6.64. The Hall–Kier alpha value is -1.11. The Balaban J connectivity index is 2.44. The standard InChI is InChI=1S/C12H22N2O4S/c1-2-19(18)9-8-13-11(17)14-12(10(15)16)6-4-3-5-7-12/h2-9H2,1H3,(H,15,16)(H2,13,14,17). The summed E-state index contributed by atoms with van der Waals surface area (Å²) in [6.07, 6.45) is 3.57. The second-order valence-electron chi connectivity index (χ2n) is 4.76. The maximum atomic E-state index is 11.7. The Bertz CT molecular complexity index is 354. The van der Waals surface area contributed by atoms with Crippen LogP contribution in [0.15, 0.2) is 0 Å². The summed E-state index contributed by atoms with van der Waals surface area (Å²) in [5, 5.41) is 14.4. The molecule has 3 N–H and O–H groups in total. The molecule has 1 atom stereocenters. The van der Waals surface area contributed by atoms with Crippen molar-refractivity contribution in [1.29, 1.82) is 0 Å². The number of carboxylic acid groups (broad SMARTS) is 1. The molecule has 6 nitrogen and oxygen atoms in total. The quantitative estimate of drug-likeness (QED) is 0.675. The van der Waals surface area contributed by atoms with Gasteiger partial charge in [-0.15, -0.1) is 0 Å². The van der Waals surface area contributed by atoms with E-state index in [9.17, 15) is 18.9 Å². The normalized spacial score (nSPS) is 19.4. The summed E-state index contributed by atoms with van der Waals surface area (Å²) in [4.78, 5) is 23.1. The number of hydrogen-bond acceptors (Lipinski definition) is 3. The van der Waals surface area contributed by atoms with Gasteiger partial charge in [0.2, 0.25) is 0 Å². The predicted octanol–water partition coefficient (Wildman–Crippen LogP) is 0.842. The summed E-state index contributed by atoms with van der Waals surface area (Å²) >= 11 is 0. The average Bonchev–Trinajstić information content (AvgIpc) is 2.39. The highest BCUT2D eigenvalue weighted by Crippen LogP contribution is 2.28. The molecule has 0 radical (unpaired) electrons. The van der Waals surface area contributed by atoms with Gasteiger partial charge in [0.05, 0.1) is 0 Å². The van der Waals surface area contributed by atoms with E-state index in [1.165, 1.54) is 0 Å². The van der Waals surface area contributed by atoms with Crippen LogP contribution in [0, 0.1) is 0 Å². The number of rotatable bonds is 6. The van der Waals surface area contributed by atoms with E-state index in [0.717, 1.165) is 19.3 Å². The molecule has 1 aliphatic rings. The van der Waals surface area contributed by atoms with Crippen LogP contribution in [0.4, 0.5) is 4.79 Å². The Morgan fingerprint density at radius 2 is 1.89 bits per heavy atom. The van der Waals surface area contributed by atoms with Crippen molar-refractivity contribution in [2.24, 2.45) is 0 Å². The summed E-state index contributed by atoms with van der Waals surface area (Å²) in [7, 11) is -0.928. The average molecular weight is 290 g/mol. The van der Waals surface area contributed by atoms with Gasteiger partial charge < -0.3 is 15.7 Å². The molecule has 0 aromatic rings. The molecular weight excluding hydrogens is 268 g/mol. The molecule has 7 heteroatoms. The smallest absolute Gasteiger partial charge is 0.329 e. The summed E-state index contributed by atoms with van der Waals surface area (Å²) in [5.74, 6) is -0.0220. The zero-order valence-corrected chi connectivity index (χ0v) is 12.1. The first-order chi connectivity index (χ1) is 9.00. The fourth-order valence-electron chi connectivity index (χ4n) is 2.23. The van der Waals surface area contributed by atoms with Gasteiger partial charge in [0.1, 0.15) is 5.54 Å². The second kappa shape index (κ2) is 7.47. The number of hydrogen-bond donors (Lipinski definition) is 3. The van der Waals surface area contributed by atoms with Gasteiger partial charge in [-0.1, -0.05) is 26.2 Å². The summed E-state index contributed by atoms with van der Waals surface area (Å²) < 4.78 is 11.2. The van der Waals surface area contributed by atoms with Crippen molar-refractivity contribution in [3.05, 3.63) is 0 Å². The summed E-state index contributed by atoms with van der Waals surface area (Å²) in [6, 6.07) is -0.489. The SMILES string of the molecule is CCS(=O)CCNC(=O)NC1(C(=O)O)CCCCC1. The van der Waals surface area contributed by atoms with Gasteiger partial charge in [-0.25, -0.2) is 9.59 Å². The fraction of sp³-hybridized carbons (Fsp3) is 0.833. The molecule has 0 bridgehead atoms. The highest BCUT2D eigenvalue weighted by molar-refractivity contribution is 7.84. The first kappa shape index (κ1) is 15.9. The minimum absolute atomic E-state index is 0.294. The molecule has 110 valence electrons. The molecular formula is C12H22N2O4S. The van der Waals surface area contributed by atoms with Gasteiger partial charge in [0, 0.05) is 28.9 Å². The van der Waals surface area contributed by atoms with Crippen molar-refractivity contribution in [2.45, 2.75) is 44.6 Å². The lowest BCUT2D eigenvalue weighted by Crippen LogP contribution is -2.58. The molecule has 19 heavy (non-hydrogen) atoms. The Morgan fingerprint density at radius 3 is 2.42 bits per heavy atom. The second-order valence-corrected chi connectivity index (χ2v) is 6.63. The van der Waals surface area contributed by atoms with Crippen LogP contribution >= 0.6 is 0 Å². The Labute approximate surface area is 115 Å². The van der Waals surface area contributed by atoms with E-state index in [0.29, 0.717) is 30.9 Å². The Kier molecular flexibility index (Phi) is 6.27. The van der Waals surface area contributed by atoms with E-state index < -0.39 is 28.3 Å². The lowest BCUT2D eigenvalue weighted by molar-refractivity contribution is -0.145. The predicted molar refractivity (Wildman–Crippen MR) is 73.5 cm³/mol. The van der Waals surface area contributed by atoms with Crippen LogP contribution in [-0.4, -0.2) is 44.9 Å². The van der Waals surface area contributed by atoms with Crippen LogP contribution < -0.4 is 10.6 Å². The molecule has 2 amide bonds. The minimum atomic E-state index is -1.13. The molecule has 0 spiro atoms. The van der Waals surface area contributed by atoms with Crippen molar-refractivity contribution < 1.29 is 18.9 Å². The van der Waals surface area contributed by atoms with Gasteiger partial charge >= 0.3 is 12.0 Å². The van der Waals surface area contributed by atoms with Crippen molar-refractivity contribution in [3.8, 4) is 0 Å². The molecule has 0 heterocycles. The molecule has 1 saturated carbocycles. The number of carbonyl (C=O) groups excluding carboxylic acids is 1. The van der Waals surface area contributed by atoms with Crippen LogP contribution in [-0.2, 0) is 15.6 Å². The topological polar surface area (TPSA) is 95.5 Å². The minimum Gasteiger partial charge on any atom is -0.480 e.